The quantitative estimate of drug-likeness (QED) is 0.564. The van der Waals surface area contributed by atoms with Crippen molar-refractivity contribution < 1.29 is 0 Å². The highest BCUT2D eigenvalue weighted by Gasteiger charge is 2.05. The Morgan fingerprint density at radius 1 is 0.824 bits per heavy atom. The van der Waals surface area contributed by atoms with E-state index in [0.29, 0.717) is 0 Å². The van der Waals surface area contributed by atoms with Crippen molar-refractivity contribution in [1.29, 1.82) is 0 Å². The Hall–Kier alpha value is -1.47. The topological polar surface area (TPSA) is 0 Å². The summed E-state index contributed by atoms with van der Waals surface area (Å²) in [7, 11) is 0. The van der Waals surface area contributed by atoms with Crippen LogP contribution in [0, 0.1) is 6.26 Å². The molecule has 0 nitrogen and oxygen atoms in total. The first kappa shape index (κ1) is 10.7. The summed E-state index contributed by atoms with van der Waals surface area (Å²) in [5.41, 5.74) is 1.40. The monoisotopic (exact) mass is 237 g/mol. The van der Waals surface area contributed by atoms with Gasteiger partial charge < -0.3 is 0 Å². The molecule has 0 aliphatic carbocycles. The van der Waals surface area contributed by atoms with Crippen molar-refractivity contribution in [1.82, 2.24) is 0 Å². The van der Waals surface area contributed by atoms with Crippen LogP contribution in [0.15, 0.2) is 54.6 Å². The molecule has 17 heavy (non-hydrogen) atoms. The van der Waals surface area contributed by atoms with Gasteiger partial charge in [0.1, 0.15) is 0 Å². The Balaban J connectivity index is 2.47. The van der Waals surface area contributed by atoms with E-state index in [1.807, 2.05) is 0 Å². The molecule has 0 amide bonds. The molecule has 0 aliphatic heterocycles. The van der Waals surface area contributed by atoms with Crippen LogP contribution in [0.3, 0.4) is 0 Å². The van der Waals surface area contributed by atoms with Crippen LogP contribution in [-0.2, 0) is 5.75 Å². The summed E-state index contributed by atoms with van der Waals surface area (Å²) in [6.45, 7) is 0. The first-order chi connectivity index (χ1) is 8.40. The maximum absolute atomic E-state index is 3.91. The summed E-state index contributed by atoms with van der Waals surface area (Å²) < 4.78 is 0. The number of benzene rings is 3. The van der Waals surface area contributed by atoms with Gasteiger partial charge in [0.25, 0.3) is 0 Å². The largest absolute Gasteiger partial charge is 0.156 e. The summed E-state index contributed by atoms with van der Waals surface area (Å²) in [6, 6.07) is 19.4. The SMILES string of the molecule is [CH2]SCc1c2ccccc2cc2ccccc12. The van der Waals surface area contributed by atoms with Gasteiger partial charge in [0, 0.05) is 12.0 Å². The van der Waals surface area contributed by atoms with Crippen molar-refractivity contribution in [3.8, 4) is 0 Å². The standard InChI is InChI=1S/C16H13S/c1-17-11-16-14-8-4-2-6-12(14)10-13-7-3-5-9-15(13)16/h2-10H,1,11H2. The zero-order chi connectivity index (χ0) is 11.7. The van der Waals surface area contributed by atoms with E-state index >= 15 is 0 Å². The van der Waals surface area contributed by atoms with Gasteiger partial charge in [-0.2, -0.15) is 11.8 Å². The lowest BCUT2D eigenvalue weighted by molar-refractivity contribution is 1.52. The van der Waals surface area contributed by atoms with Gasteiger partial charge in [-0.25, -0.2) is 0 Å². The molecule has 1 heteroatoms. The molecule has 0 N–H and O–H groups in total. The number of thioether (sulfide) groups is 1. The van der Waals surface area contributed by atoms with E-state index in [0.717, 1.165) is 5.75 Å². The van der Waals surface area contributed by atoms with Crippen molar-refractivity contribution >= 4 is 33.3 Å². The minimum atomic E-state index is 0.960. The van der Waals surface area contributed by atoms with Crippen molar-refractivity contribution in [3.63, 3.8) is 0 Å². The number of hydrogen-bond acceptors (Lipinski definition) is 1. The lowest BCUT2D eigenvalue weighted by Gasteiger charge is -2.10. The predicted molar refractivity (Wildman–Crippen MR) is 78.1 cm³/mol. The minimum absolute atomic E-state index is 0.960. The summed E-state index contributed by atoms with van der Waals surface area (Å²) in [5.74, 6) is 0.960. The Kier molecular flexibility index (Phi) is 2.77. The van der Waals surface area contributed by atoms with Crippen molar-refractivity contribution in [2.24, 2.45) is 0 Å². The van der Waals surface area contributed by atoms with Crippen LogP contribution in [-0.4, -0.2) is 0 Å². The van der Waals surface area contributed by atoms with Gasteiger partial charge in [-0.1, -0.05) is 48.5 Å². The maximum atomic E-state index is 3.91. The Labute approximate surface area is 106 Å². The lowest BCUT2D eigenvalue weighted by Crippen LogP contribution is -1.86. The second-order valence-corrected chi connectivity index (χ2v) is 4.84. The molecule has 0 saturated carbocycles. The highest BCUT2D eigenvalue weighted by molar-refractivity contribution is 7.99. The number of hydrogen-bond donors (Lipinski definition) is 0. The fourth-order valence-electron chi connectivity index (χ4n) is 2.37. The van der Waals surface area contributed by atoms with E-state index < -0.39 is 0 Å². The van der Waals surface area contributed by atoms with E-state index in [9.17, 15) is 0 Å². The van der Waals surface area contributed by atoms with Crippen LogP contribution in [0.2, 0.25) is 0 Å². The van der Waals surface area contributed by atoms with Gasteiger partial charge in [-0.05, 0) is 33.2 Å². The molecule has 83 valence electrons. The molecular formula is C16H13S. The van der Waals surface area contributed by atoms with Crippen LogP contribution in [0.4, 0.5) is 0 Å². The molecule has 0 saturated heterocycles. The van der Waals surface area contributed by atoms with Crippen molar-refractivity contribution in [3.05, 3.63) is 66.4 Å². The Bertz CT molecular complexity index is 616. The Morgan fingerprint density at radius 3 is 1.88 bits per heavy atom. The molecule has 3 aromatic carbocycles. The Morgan fingerprint density at radius 2 is 1.35 bits per heavy atom. The molecule has 3 aromatic rings. The molecule has 0 fully saturated rings. The molecule has 0 atom stereocenters. The fraction of sp³-hybridized carbons (Fsp3) is 0.0625. The van der Waals surface area contributed by atoms with Gasteiger partial charge in [-0.15, -0.1) is 0 Å². The van der Waals surface area contributed by atoms with E-state index in [1.54, 1.807) is 11.8 Å². The number of rotatable bonds is 2. The molecule has 3 rings (SSSR count). The molecule has 0 spiro atoms. The van der Waals surface area contributed by atoms with Crippen LogP contribution < -0.4 is 0 Å². The van der Waals surface area contributed by atoms with E-state index in [2.05, 4.69) is 60.9 Å². The van der Waals surface area contributed by atoms with Gasteiger partial charge in [0.05, 0.1) is 0 Å². The molecule has 0 heterocycles. The highest BCUT2D eigenvalue weighted by Crippen LogP contribution is 2.30. The van der Waals surface area contributed by atoms with Gasteiger partial charge in [0.15, 0.2) is 0 Å². The van der Waals surface area contributed by atoms with Crippen molar-refractivity contribution in [2.75, 3.05) is 0 Å². The molecule has 0 aliphatic rings. The van der Waals surface area contributed by atoms with E-state index in [1.165, 1.54) is 27.1 Å². The lowest BCUT2D eigenvalue weighted by atomic mass is 9.98. The van der Waals surface area contributed by atoms with E-state index in [4.69, 9.17) is 0 Å². The van der Waals surface area contributed by atoms with Crippen LogP contribution in [0.1, 0.15) is 5.56 Å². The average Bonchev–Trinajstić information content (AvgIpc) is 2.39. The third-order valence-electron chi connectivity index (χ3n) is 3.13. The third kappa shape index (κ3) is 1.81. The minimum Gasteiger partial charge on any atom is -0.156 e. The van der Waals surface area contributed by atoms with Gasteiger partial charge in [-0.3, -0.25) is 0 Å². The first-order valence-corrected chi connectivity index (χ1v) is 6.82. The van der Waals surface area contributed by atoms with Crippen LogP contribution >= 0.6 is 11.8 Å². The average molecular weight is 237 g/mol. The second-order valence-electron chi connectivity index (χ2n) is 4.15. The molecule has 0 aromatic heterocycles. The normalized spacial score (nSPS) is 11.1. The van der Waals surface area contributed by atoms with Crippen molar-refractivity contribution in [2.45, 2.75) is 5.75 Å². The summed E-state index contributed by atoms with van der Waals surface area (Å²) in [6.07, 6.45) is 3.91. The molecular weight excluding hydrogens is 224 g/mol. The summed E-state index contributed by atoms with van der Waals surface area (Å²) >= 11 is 1.63. The van der Waals surface area contributed by atoms with Gasteiger partial charge >= 0.3 is 0 Å². The third-order valence-corrected chi connectivity index (χ3v) is 3.62. The summed E-state index contributed by atoms with van der Waals surface area (Å²) in [4.78, 5) is 0. The van der Waals surface area contributed by atoms with E-state index in [-0.39, 0.29) is 0 Å². The predicted octanol–water partition coefficient (Wildman–Crippen LogP) is 5.02. The second kappa shape index (κ2) is 4.42. The molecule has 1 radical (unpaired) electrons. The molecule has 0 bridgehead atoms. The number of fused-ring (bicyclic) bond motifs is 2. The fourth-order valence-corrected chi connectivity index (χ4v) is 2.88. The highest BCUT2D eigenvalue weighted by atomic mass is 32.2. The molecule has 0 unspecified atom stereocenters. The zero-order valence-corrected chi connectivity index (χ0v) is 10.3. The summed E-state index contributed by atoms with van der Waals surface area (Å²) in [5, 5.41) is 5.33. The van der Waals surface area contributed by atoms with Gasteiger partial charge in [0.2, 0.25) is 0 Å². The zero-order valence-electron chi connectivity index (χ0n) is 9.52. The smallest absolute Gasteiger partial charge is 0.0197 e. The first-order valence-electron chi connectivity index (χ1n) is 5.66. The maximum Gasteiger partial charge on any atom is 0.0197 e. The van der Waals surface area contributed by atoms with Crippen LogP contribution in [0.5, 0.6) is 0 Å². The van der Waals surface area contributed by atoms with Crippen LogP contribution in [0.25, 0.3) is 21.5 Å².